The van der Waals surface area contributed by atoms with Gasteiger partial charge in [0, 0.05) is 69.4 Å². The monoisotopic (exact) mass is 399 g/mol. The van der Waals surface area contributed by atoms with Crippen LogP contribution in [0.25, 0.3) is 0 Å². The first-order valence-corrected chi connectivity index (χ1v) is 10.4. The Kier molecular flexibility index (Phi) is 5.32. The zero-order chi connectivity index (χ0) is 19.7. The van der Waals surface area contributed by atoms with E-state index in [1.165, 1.54) is 4.88 Å². The first-order chi connectivity index (χ1) is 13.5. The van der Waals surface area contributed by atoms with E-state index in [9.17, 15) is 9.59 Å². The van der Waals surface area contributed by atoms with Gasteiger partial charge in [-0.15, -0.1) is 11.3 Å². The number of nitrogens with one attached hydrogen (secondary N) is 1. The molecule has 1 saturated heterocycles. The van der Waals surface area contributed by atoms with Crippen LogP contribution >= 0.6 is 11.3 Å². The van der Waals surface area contributed by atoms with Crippen molar-refractivity contribution in [1.29, 1.82) is 0 Å². The number of benzene rings is 1. The number of amides is 2. The van der Waals surface area contributed by atoms with E-state index in [2.05, 4.69) is 15.2 Å². The Bertz CT molecular complexity index is 888. The maximum Gasteiger partial charge on any atom is 0.254 e. The van der Waals surface area contributed by atoms with Gasteiger partial charge < -0.3 is 15.1 Å². The molecule has 7 nitrogen and oxygen atoms in total. The van der Waals surface area contributed by atoms with Crippen molar-refractivity contribution in [3.05, 3.63) is 39.8 Å². The van der Waals surface area contributed by atoms with Crippen LogP contribution in [0, 0.1) is 6.92 Å². The van der Waals surface area contributed by atoms with Crippen LogP contribution in [0.15, 0.2) is 24.4 Å². The highest BCUT2D eigenvalue weighted by molar-refractivity contribution is 7.11. The first kappa shape index (κ1) is 18.9. The summed E-state index contributed by atoms with van der Waals surface area (Å²) in [7, 11) is 1.96. The first-order valence-electron chi connectivity index (χ1n) is 9.57. The predicted molar refractivity (Wildman–Crippen MR) is 111 cm³/mol. The van der Waals surface area contributed by atoms with E-state index in [4.69, 9.17) is 0 Å². The molecule has 0 atom stereocenters. The van der Waals surface area contributed by atoms with Crippen molar-refractivity contribution in [2.75, 3.05) is 50.0 Å². The van der Waals surface area contributed by atoms with Gasteiger partial charge in [0.2, 0.25) is 5.91 Å². The van der Waals surface area contributed by atoms with E-state index >= 15 is 0 Å². The Morgan fingerprint density at radius 3 is 2.71 bits per heavy atom. The lowest BCUT2D eigenvalue weighted by atomic mass is 10.1. The number of hydrogen-bond donors (Lipinski definition) is 1. The van der Waals surface area contributed by atoms with Crippen LogP contribution in [0.3, 0.4) is 0 Å². The molecule has 0 unspecified atom stereocenters. The summed E-state index contributed by atoms with van der Waals surface area (Å²) < 4.78 is 0. The van der Waals surface area contributed by atoms with Crippen molar-refractivity contribution in [2.45, 2.75) is 19.9 Å². The quantitative estimate of drug-likeness (QED) is 0.857. The number of piperazine rings is 1. The summed E-state index contributed by atoms with van der Waals surface area (Å²) in [5.74, 6) is 0.0133. The van der Waals surface area contributed by atoms with Gasteiger partial charge in [0.05, 0.1) is 16.4 Å². The normalized spacial score (nSPS) is 17.9. The molecule has 3 heterocycles. The third-order valence-corrected chi connectivity index (χ3v) is 6.21. The number of carbonyl (C=O) groups excluding carboxylic acids is 2. The number of anilines is 2. The SMILES string of the molecule is Cc1ncc(CN2CCN(C(=O)c3ccc4c(c3)NC(=O)CCN4C)CC2)s1. The van der Waals surface area contributed by atoms with E-state index in [1.54, 1.807) is 11.3 Å². The standard InChI is InChI=1S/C20H25N5O2S/c1-14-21-12-16(28-14)13-24-7-9-25(10-8-24)20(27)15-3-4-18-17(11-15)22-19(26)5-6-23(18)2/h3-4,11-12H,5-10,13H2,1-2H3,(H,22,26). The summed E-state index contributed by atoms with van der Waals surface area (Å²) >= 11 is 1.73. The van der Waals surface area contributed by atoms with E-state index in [0.29, 0.717) is 31.6 Å². The second-order valence-corrected chi connectivity index (χ2v) is 8.68. The van der Waals surface area contributed by atoms with Crippen LogP contribution in [0.4, 0.5) is 11.4 Å². The highest BCUT2D eigenvalue weighted by atomic mass is 32.1. The second-order valence-electron chi connectivity index (χ2n) is 7.37. The van der Waals surface area contributed by atoms with E-state index in [1.807, 2.05) is 48.2 Å². The van der Waals surface area contributed by atoms with Crippen LogP contribution in [0.2, 0.25) is 0 Å². The minimum absolute atomic E-state index is 0.0119. The number of aryl methyl sites for hydroxylation is 1. The minimum atomic E-state index is -0.0119. The van der Waals surface area contributed by atoms with Gasteiger partial charge in [-0.1, -0.05) is 0 Å². The van der Waals surface area contributed by atoms with Gasteiger partial charge in [0.15, 0.2) is 0 Å². The summed E-state index contributed by atoms with van der Waals surface area (Å²) in [5, 5.41) is 4.01. The Morgan fingerprint density at radius 1 is 1.21 bits per heavy atom. The molecule has 0 spiro atoms. The third kappa shape index (κ3) is 4.02. The van der Waals surface area contributed by atoms with Gasteiger partial charge in [-0.3, -0.25) is 14.5 Å². The molecule has 28 heavy (non-hydrogen) atoms. The molecule has 1 fully saturated rings. The molecule has 0 bridgehead atoms. The van der Waals surface area contributed by atoms with Crippen LogP contribution in [-0.2, 0) is 11.3 Å². The Hall–Kier alpha value is -2.45. The van der Waals surface area contributed by atoms with E-state index in [0.717, 1.165) is 36.0 Å². The number of aromatic nitrogens is 1. The summed E-state index contributed by atoms with van der Waals surface area (Å²) in [6.45, 7) is 6.71. The van der Waals surface area contributed by atoms with Crippen LogP contribution < -0.4 is 10.2 Å². The van der Waals surface area contributed by atoms with Crippen molar-refractivity contribution in [3.8, 4) is 0 Å². The topological polar surface area (TPSA) is 68.8 Å². The molecular formula is C20H25N5O2S. The number of hydrogen-bond acceptors (Lipinski definition) is 6. The van der Waals surface area contributed by atoms with Crippen molar-refractivity contribution >= 4 is 34.5 Å². The lowest BCUT2D eigenvalue weighted by Gasteiger charge is -2.34. The minimum Gasteiger partial charge on any atom is -0.372 e. The number of nitrogens with zero attached hydrogens (tertiary/aromatic N) is 4. The fraction of sp³-hybridized carbons (Fsp3) is 0.450. The maximum absolute atomic E-state index is 13.0. The summed E-state index contributed by atoms with van der Waals surface area (Å²) in [6, 6.07) is 5.60. The van der Waals surface area contributed by atoms with Crippen molar-refractivity contribution in [2.24, 2.45) is 0 Å². The summed E-state index contributed by atoms with van der Waals surface area (Å²) in [5.41, 5.74) is 2.29. The predicted octanol–water partition coefficient (Wildman–Crippen LogP) is 2.19. The Labute approximate surface area is 169 Å². The molecule has 2 aliphatic rings. The van der Waals surface area contributed by atoms with Crippen molar-refractivity contribution in [3.63, 3.8) is 0 Å². The molecule has 148 valence electrons. The fourth-order valence-electron chi connectivity index (χ4n) is 3.69. The largest absolute Gasteiger partial charge is 0.372 e. The van der Waals surface area contributed by atoms with E-state index < -0.39 is 0 Å². The molecule has 2 amide bonds. The molecular weight excluding hydrogens is 374 g/mol. The van der Waals surface area contributed by atoms with Crippen molar-refractivity contribution < 1.29 is 9.59 Å². The average molecular weight is 400 g/mol. The lowest BCUT2D eigenvalue weighted by Crippen LogP contribution is -2.48. The Morgan fingerprint density at radius 2 is 2.00 bits per heavy atom. The Balaban J connectivity index is 1.41. The third-order valence-electron chi connectivity index (χ3n) is 5.31. The number of rotatable bonds is 3. The zero-order valence-corrected chi connectivity index (χ0v) is 17.1. The highest BCUT2D eigenvalue weighted by Crippen LogP contribution is 2.29. The average Bonchev–Trinajstić information content (AvgIpc) is 3.04. The van der Waals surface area contributed by atoms with Crippen LogP contribution in [0.5, 0.6) is 0 Å². The zero-order valence-electron chi connectivity index (χ0n) is 16.3. The molecule has 0 aliphatic carbocycles. The summed E-state index contributed by atoms with van der Waals surface area (Å²) in [4.78, 5) is 36.8. The highest BCUT2D eigenvalue weighted by Gasteiger charge is 2.24. The maximum atomic E-state index is 13.0. The molecule has 1 aromatic carbocycles. The molecule has 1 N–H and O–H groups in total. The molecule has 8 heteroatoms. The van der Waals surface area contributed by atoms with Gasteiger partial charge in [-0.05, 0) is 25.1 Å². The fourth-order valence-corrected chi connectivity index (χ4v) is 4.53. The summed E-state index contributed by atoms with van der Waals surface area (Å²) in [6.07, 6.45) is 2.40. The van der Waals surface area contributed by atoms with Crippen LogP contribution in [0.1, 0.15) is 26.7 Å². The van der Waals surface area contributed by atoms with Gasteiger partial charge in [-0.2, -0.15) is 0 Å². The van der Waals surface area contributed by atoms with E-state index in [-0.39, 0.29) is 11.8 Å². The van der Waals surface area contributed by atoms with Crippen molar-refractivity contribution in [1.82, 2.24) is 14.8 Å². The number of carbonyl (C=O) groups is 2. The number of thiazole rings is 1. The van der Waals surface area contributed by atoms with Gasteiger partial charge >= 0.3 is 0 Å². The molecule has 0 saturated carbocycles. The van der Waals surface area contributed by atoms with Gasteiger partial charge in [0.25, 0.3) is 5.91 Å². The molecule has 4 rings (SSSR count). The molecule has 0 radical (unpaired) electrons. The lowest BCUT2D eigenvalue weighted by molar-refractivity contribution is -0.115. The molecule has 1 aromatic heterocycles. The number of fused-ring (bicyclic) bond motifs is 1. The molecule has 2 aromatic rings. The van der Waals surface area contributed by atoms with Gasteiger partial charge in [-0.25, -0.2) is 4.98 Å². The smallest absolute Gasteiger partial charge is 0.254 e. The van der Waals surface area contributed by atoms with Crippen LogP contribution in [-0.4, -0.2) is 66.4 Å². The second kappa shape index (κ2) is 7.89. The van der Waals surface area contributed by atoms with Gasteiger partial charge in [0.1, 0.15) is 0 Å². The molecule has 2 aliphatic heterocycles.